The van der Waals surface area contributed by atoms with Crippen molar-refractivity contribution in [2.45, 2.75) is 12.7 Å². The van der Waals surface area contributed by atoms with Crippen LogP contribution in [0.15, 0.2) is 47.1 Å². The minimum absolute atomic E-state index is 0.00511. The van der Waals surface area contributed by atoms with Gasteiger partial charge in [-0.3, -0.25) is 9.69 Å². The molecule has 2 heterocycles. The summed E-state index contributed by atoms with van der Waals surface area (Å²) in [6, 6.07) is 10.6. The van der Waals surface area contributed by atoms with Gasteiger partial charge in [-0.15, -0.1) is 0 Å². The molecule has 1 fully saturated rings. The normalized spacial score (nSPS) is 16.6. The van der Waals surface area contributed by atoms with Crippen LogP contribution in [0.1, 0.15) is 16.1 Å². The first-order chi connectivity index (χ1) is 12.6. The lowest BCUT2D eigenvalue weighted by Gasteiger charge is -2.35. The Labute approximate surface area is 157 Å². The second-order valence-electron chi connectivity index (χ2n) is 6.35. The Morgan fingerprint density at radius 3 is 2.73 bits per heavy atom. The highest BCUT2D eigenvalue weighted by Crippen LogP contribution is 2.14. The molecule has 1 aliphatic heterocycles. The van der Waals surface area contributed by atoms with Crippen LogP contribution in [0.3, 0.4) is 0 Å². The Balaban J connectivity index is 1.38. The number of aliphatic hydroxyl groups excluding tert-OH is 1. The third-order valence-corrected chi connectivity index (χ3v) is 4.57. The fourth-order valence-corrected chi connectivity index (χ4v) is 3.17. The second kappa shape index (κ2) is 9.19. The molecule has 0 aliphatic carbocycles. The van der Waals surface area contributed by atoms with E-state index in [9.17, 15) is 9.90 Å². The van der Waals surface area contributed by atoms with E-state index in [1.807, 2.05) is 11.0 Å². The summed E-state index contributed by atoms with van der Waals surface area (Å²) in [5.41, 5.74) is 0.609. The van der Waals surface area contributed by atoms with Gasteiger partial charge in [0.05, 0.1) is 19.0 Å². The topological polar surface area (TPSA) is 66.2 Å². The molecule has 7 heteroatoms. The van der Waals surface area contributed by atoms with E-state index in [-0.39, 0.29) is 12.5 Å². The highest BCUT2D eigenvalue weighted by atomic mass is 35.5. The zero-order chi connectivity index (χ0) is 18.4. The van der Waals surface area contributed by atoms with E-state index >= 15 is 0 Å². The van der Waals surface area contributed by atoms with E-state index in [2.05, 4.69) is 4.90 Å². The van der Waals surface area contributed by atoms with Gasteiger partial charge in [0.2, 0.25) is 0 Å². The number of nitrogens with zero attached hydrogens (tertiary/aromatic N) is 2. The number of rotatable bonds is 7. The van der Waals surface area contributed by atoms with Gasteiger partial charge in [-0.25, -0.2) is 0 Å². The predicted octanol–water partition coefficient (Wildman–Crippen LogP) is 2.27. The predicted molar refractivity (Wildman–Crippen MR) is 98.2 cm³/mol. The molecule has 1 amide bonds. The molecule has 140 valence electrons. The molecule has 1 aliphatic rings. The van der Waals surface area contributed by atoms with Crippen molar-refractivity contribution in [1.29, 1.82) is 0 Å². The highest BCUT2D eigenvalue weighted by Gasteiger charge is 2.23. The van der Waals surface area contributed by atoms with Gasteiger partial charge in [-0.05, 0) is 30.3 Å². The number of hydrogen-bond donors (Lipinski definition) is 1. The lowest BCUT2D eigenvalue weighted by molar-refractivity contribution is -0.00187. The molecular formula is C19H23ClN2O4. The average Bonchev–Trinajstić information content (AvgIpc) is 3.15. The van der Waals surface area contributed by atoms with Gasteiger partial charge in [0.25, 0.3) is 5.91 Å². The maximum atomic E-state index is 12.5. The van der Waals surface area contributed by atoms with Gasteiger partial charge < -0.3 is 19.2 Å². The van der Waals surface area contributed by atoms with Crippen molar-refractivity contribution in [3.63, 3.8) is 0 Å². The van der Waals surface area contributed by atoms with Crippen LogP contribution < -0.4 is 0 Å². The standard InChI is InChI=1S/C19H23ClN2O4/c20-16-4-1-3-15(11-16)19(24)22-8-6-21(7-9-22)12-17(23)13-25-14-18-5-2-10-26-18/h1-5,10-11,17,23H,6-9,12-14H2. The van der Waals surface area contributed by atoms with Crippen molar-refractivity contribution in [3.05, 3.63) is 59.0 Å². The van der Waals surface area contributed by atoms with Crippen LogP contribution in [0.5, 0.6) is 0 Å². The molecule has 0 radical (unpaired) electrons. The van der Waals surface area contributed by atoms with Gasteiger partial charge in [-0.1, -0.05) is 17.7 Å². The number of amides is 1. The highest BCUT2D eigenvalue weighted by molar-refractivity contribution is 6.30. The molecule has 0 saturated carbocycles. The number of hydrogen-bond acceptors (Lipinski definition) is 5. The molecule has 6 nitrogen and oxygen atoms in total. The zero-order valence-corrected chi connectivity index (χ0v) is 15.3. The minimum Gasteiger partial charge on any atom is -0.467 e. The Bertz CT molecular complexity index is 699. The van der Waals surface area contributed by atoms with Crippen molar-refractivity contribution in [1.82, 2.24) is 9.80 Å². The van der Waals surface area contributed by atoms with Gasteiger partial charge in [0, 0.05) is 43.3 Å². The summed E-state index contributed by atoms with van der Waals surface area (Å²) in [6.45, 7) is 3.84. The summed E-state index contributed by atoms with van der Waals surface area (Å²) in [5, 5.41) is 10.7. The Morgan fingerprint density at radius 1 is 1.23 bits per heavy atom. The Hall–Kier alpha value is -1.86. The molecule has 1 aromatic carbocycles. The van der Waals surface area contributed by atoms with Crippen LogP contribution in [-0.4, -0.2) is 66.2 Å². The second-order valence-corrected chi connectivity index (χ2v) is 6.79. The minimum atomic E-state index is -0.569. The number of halogens is 1. The van der Waals surface area contributed by atoms with Crippen molar-refractivity contribution < 1.29 is 19.1 Å². The number of piperazine rings is 1. The van der Waals surface area contributed by atoms with Crippen LogP contribution in [0.25, 0.3) is 0 Å². The van der Waals surface area contributed by atoms with Crippen LogP contribution in [0.4, 0.5) is 0 Å². The molecule has 2 aromatic rings. The largest absolute Gasteiger partial charge is 0.467 e. The smallest absolute Gasteiger partial charge is 0.253 e. The molecule has 26 heavy (non-hydrogen) atoms. The van der Waals surface area contributed by atoms with Gasteiger partial charge in [0.1, 0.15) is 12.4 Å². The number of carbonyl (C=O) groups is 1. The van der Waals surface area contributed by atoms with E-state index < -0.39 is 6.10 Å². The molecule has 1 unspecified atom stereocenters. The molecule has 1 atom stereocenters. The number of furan rings is 1. The fourth-order valence-electron chi connectivity index (χ4n) is 2.98. The maximum Gasteiger partial charge on any atom is 0.253 e. The summed E-state index contributed by atoms with van der Waals surface area (Å²) in [7, 11) is 0. The van der Waals surface area contributed by atoms with Crippen LogP contribution >= 0.6 is 11.6 Å². The number of β-amino-alcohol motifs (C(OH)–C–C–N with tert-alkyl or cyclic N) is 1. The SMILES string of the molecule is O=C(c1cccc(Cl)c1)N1CCN(CC(O)COCc2ccco2)CC1. The zero-order valence-electron chi connectivity index (χ0n) is 14.5. The van der Waals surface area contributed by atoms with Crippen molar-refractivity contribution in [2.24, 2.45) is 0 Å². The quantitative estimate of drug-likeness (QED) is 0.800. The molecule has 1 N–H and O–H groups in total. The molecule has 1 aromatic heterocycles. The first-order valence-electron chi connectivity index (χ1n) is 8.67. The van der Waals surface area contributed by atoms with E-state index in [4.69, 9.17) is 20.8 Å². The van der Waals surface area contributed by atoms with E-state index in [1.165, 1.54) is 0 Å². The first kappa shape index (κ1) is 18.9. The summed E-state index contributed by atoms with van der Waals surface area (Å²) in [6.07, 6.45) is 1.03. The summed E-state index contributed by atoms with van der Waals surface area (Å²) < 4.78 is 10.6. The van der Waals surface area contributed by atoms with Gasteiger partial charge in [0.15, 0.2) is 0 Å². The van der Waals surface area contributed by atoms with Gasteiger partial charge >= 0.3 is 0 Å². The summed E-state index contributed by atoms with van der Waals surface area (Å²) >= 11 is 5.96. The van der Waals surface area contributed by atoms with E-state index in [0.717, 1.165) is 18.8 Å². The molecule has 0 bridgehead atoms. The lowest BCUT2D eigenvalue weighted by Crippen LogP contribution is -2.50. The summed E-state index contributed by atoms with van der Waals surface area (Å²) in [4.78, 5) is 16.5. The van der Waals surface area contributed by atoms with Crippen molar-refractivity contribution in [3.8, 4) is 0 Å². The lowest BCUT2D eigenvalue weighted by atomic mass is 10.2. The molecule has 0 spiro atoms. The van der Waals surface area contributed by atoms with E-state index in [0.29, 0.717) is 36.8 Å². The third-order valence-electron chi connectivity index (χ3n) is 4.33. The number of ether oxygens (including phenoxy) is 1. The maximum absolute atomic E-state index is 12.5. The number of benzene rings is 1. The van der Waals surface area contributed by atoms with Crippen LogP contribution in [0.2, 0.25) is 5.02 Å². The Kier molecular flexibility index (Phi) is 6.68. The first-order valence-corrected chi connectivity index (χ1v) is 9.05. The van der Waals surface area contributed by atoms with Crippen LogP contribution in [0, 0.1) is 0 Å². The van der Waals surface area contributed by atoms with Crippen molar-refractivity contribution in [2.75, 3.05) is 39.3 Å². The Morgan fingerprint density at radius 2 is 2.04 bits per heavy atom. The molecule has 3 rings (SSSR count). The van der Waals surface area contributed by atoms with Gasteiger partial charge in [-0.2, -0.15) is 0 Å². The monoisotopic (exact) mass is 378 g/mol. The van der Waals surface area contributed by atoms with E-state index in [1.54, 1.807) is 36.6 Å². The third kappa shape index (κ3) is 5.32. The molecular weight excluding hydrogens is 356 g/mol. The molecule has 1 saturated heterocycles. The number of aliphatic hydroxyl groups is 1. The summed E-state index contributed by atoms with van der Waals surface area (Å²) in [5.74, 6) is 0.736. The average molecular weight is 379 g/mol. The van der Waals surface area contributed by atoms with Crippen molar-refractivity contribution >= 4 is 17.5 Å². The van der Waals surface area contributed by atoms with Crippen LogP contribution in [-0.2, 0) is 11.3 Å². The number of carbonyl (C=O) groups excluding carboxylic acids is 1. The fraction of sp³-hybridized carbons (Fsp3) is 0.421.